The second kappa shape index (κ2) is 4.87. The molecule has 5 rings (SSSR count). The molecule has 0 amide bonds. The lowest BCUT2D eigenvalue weighted by Crippen LogP contribution is -2.48. The maximum atomic E-state index is 15.0. The van der Waals surface area contributed by atoms with Gasteiger partial charge in [-0.2, -0.15) is 0 Å². The zero-order valence-corrected chi connectivity index (χ0v) is 15.8. The molecule has 3 aliphatic rings. The molecule has 0 unspecified atom stereocenters. The van der Waals surface area contributed by atoms with Crippen LogP contribution in [0, 0.1) is 16.7 Å². The molecule has 0 aromatic heterocycles. The van der Waals surface area contributed by atoms with Crippen LogP contribution < -0.4 is 10.6 Å². The number of benzene rings is 2. The minimum absolute atomic E-state index is 0.0219. The SMILES string of the molecule is C[C@]12CC[C@@H]3C[C@]1(P(=O)(c1ccccc1)c1ccccc1)OC[C@@]32C. The van der Waals surface area contributed by atoms with Crippen molar-refractivity contribution in [2.24, 2.45) is 16.7 Å². The van der Waals surface area contributed by atoms with E-state index in [0.29, 0.717) is 5.92 Å². The Labute approximate surface area is 150 Å². The minimum Gasteiger partial charge on any atom is -0.365 e. The smallest absolute Gasteiger partial charge is 0.174 e. The van der Waals surface area contributed by atoms with Gasteiger partial charge in [0.05, 0.1) is 6.61 Å². The van der Waals surface area contributed by atoms with Crippen molar-refractivity contribution in [3.8, 4) is 0 Å². The molecule has 1 aliphatic heterocycles. The first kappa shape index (κ1) is 15.9. The van der Waals surface area contributed by atoms with Crippen molar-refractivity contribution < 1.29 is 9.30 Å². The van der Waals surface area contributed by atoms with Gasteiger partial charge in [-0.1, -0.05) is 74.5 Å². The van der Waals surface area contributed by atoms with E-state index in [-0.39, 0.29) is 10.8 Å². The Hall–Kier alpha value is -1.37. The van der Waals surface area contributed by atoms with Gasteiger partial charge in [0.15, 0.2) is 7.14 Å². The van der Waals surface area contributed by atoms with Crippen molar-refractivity contribution in [1.82, 2.24) is 0 Å². The van der Waals surface area contributed by atoms with Crippen LogP contribution in [-0.2, 0) is 9.30 Å². The average Bonchev–Trinajstić information content (AvgIpc) is 3.14. The van der Waals surface area contributed by atoms with Crippen LogP contribution in [0.2, 0.25) is 0 Å². The van der Waals surface area contributed by atoms with Gasteiger partial charge in [0.2, 0.25) is 0 Å². The maximum Gasteiger partial charge on any atom is 0.174 e. The van der Waals surface area contributed by atoms with E-state index in [0.717, 1.165) is 30.1 Å². The van der Waals surface area contributed by atoms with Crippen molar-refractivity contribution in [3.63, 3.8) is 0 Å². The third kappa shape index (κ3) is 1.60. The molecule has 4 bridgehead atoms. The summed E-state index contributed by atoms with van der Waals surface area (Å²) in [6.45, 7) is 5.48. The zero-order valence-electron chi connectivity index (χ0n) is 14.9. The first-order valence-electron chi connectivity index (χ1n) is 9.33. The molecule has 2 aromatic carbocycles. The second-order valence-electron chi connectivity index (χ2n) is 8.54. The fraction of sp³-hybridized carbons (Fsp3) is 0.455. The quantitative estimate of drug-likeness (QED) is 0.758. The van der Waals surface area contributed by atoms with Crippen LogP contribution in [0.25, 0.3) is 0 Å². The van der Waals surface area contributed by atoms with E-state index in [4.69, 9.17) is 4.74 Å². The zero-order chi connectivity index (χ0) is 17.3. The fourth-order valence-corrected chi connectivity index (χ4v) is 10.3. The predicted molar refractivity (Wildman–Crippen MR) is 102 cm³/mol. The minimum atomic E-state index is -2.93. The van der Waals surface area contributed by atoms with E-state index in [1.807, 2.05) is 60.7 Å². The first-order chi connectivity index (χ1) is 12.0. The molecule has 2 aliphatic carbocycles. The van der Waals surface area contributed by atoms with Crippen molar-refractivity contribution in [2.45, 2.75) is 38.5 Å². The van der Waals surface area contributed by atoms with Crippen molar-refractivity contribution in [2.75, 3.05) is 6.61 Å². The van der Waals surface area contributed by atoms with Gasteiger partial charge in [0.25, 0.3) is 0 Å². The summed E-state index contributed by atoms with van der Waals surface area (Å²) < 4.78 is 21.6. The molecule has 3 fully saturated rings. The topological polar surface area (TPSA) is 26.3 Å². The molecule has 1 heterocycles. The van der Waals surface area contributed by atoms with Crippen LogP contribution in [0.4, 0.5) is 0 Å². The van der Waals surface area contributed by atoms with Gasteiger partial charge >= 0.3 is 0 Å². The van der Waals surface area contributed by atoms with E-state index in [9.17, 15) is 0 Å². The van der Waals surface area contributed by atoms with Crippen LogP contribution in [0.1, 0.15) is 33.1 Å². The molecule has 25 heavy (non-hydrogen) atoms. The Kier molecular flexibility index (Phi) is 3.09. The largest absolute Gasteiger partial charge is 0.365 e. The normalized spacial score (nSPS) is 39.0. The number of rotatable bonds is 3. The molecule has 2 nitrogen and oxygen atoms in total. The molecule has 2 saturated carbocycles. The lowest BCUT2D eigenvalue weighted by atomic mass is 9.71. The molecule has 130 valence electrons. The highest BCUT2D eigenvalue weighted by Gasteiger charge is 2.80. The Balaban J connectivity index is 1.81. The highest BCUT2D eigenvalue weighted by molar-refractivity contribution is 7.80. The Morgan fingerprint density at radius 3 is 2.00 bits per heavy atom. The van der Waals surface area contributed by atoms with Gasteiger partial charge in [-0.05, 0) is 25.2 Å². The summed E-state index contributed by atoms with van der Waals surface area (Å²) >= 11 is 0. The highest BCUT2D eigenvalue weighted by Crippen LogP contribution is 2.84. The van der Waals surface area contributed by atoms with Crippen LogP contribution >= 0.6 is 7.14 Å². The Bertz CT molecular complexity index is 821. The molecule has 4 atom stereocenters. The van der Waals surface area contributed by atoms with E-state index < -0.39 is 12.5 Å². The molecule has 0 N–H and O–H groups in total. The molecule has 3 heteroatoms. The van der Waals surface area contributed by atoms with E-state index in [1.54, 1.807) is 0 Å². The van der Waals surface area contributed by atoms with Crippen molar-refractivity contribution in [3.05, 3.63) is 60.7 Å². The van der Waals surface area contributed by atoms with Gasteiger partial charge < -0.3 is 9.30 Å². The Morgan fingerprint density at radius 1 is 0.960 bits per heavy atom. The lowest BCUT2D eigenvalue weighted by Gasteiger charge is -2.47. The summed E-state index contributed by atoms with van der Waals surface area (Å²) in [5.41, 5.74) is 0.137. The van der Waals surface area contributed by atoms with Crippen LogP contribution in [0.3, 0.4) is 0 Å². The van der Waals surface area contributed by atoms with E-state index in [2.05, 4.69) is 13.8 Å². The molecule has 2 aromatic rings. The lowest BCUT2D eigenvalue weighted by molar-refractivity contribution is -0.0223. The summed E-state index contributed by atoms with van der Waals surface area (Å²) in [4.78, 5) is 0. The molecule has 0 spiro atoms. The van der Waals surface area contributed by atoms with Crippen LogP contribution in [-0.4, -0.2) is 11.9 Å². The summed E-state index contributed by atoms with van der Waals surface area (Å²) in [6.07, 6.45) is 3.31. The monoisotopic (exact) mass is 352 g/mol. The van der Waals surface area contributed by atoms with E-state index >= 15 is 4.57 Å². The van der Waals surface area contributed by atoms with Gasteiger partial charge in [0, 0.05) is 21.4 Å². The standard InChI is InChI=1S/C22H25O2P/c1-20-16-24-22(15-17(20)13-14-21(20,22)2)25(23,18-9-5-3-6-10-18)19-11-7-4-8-12-19/h3-12,17H,13-16H2,1-2H3/t17-,20+,21-,22-/m1/s1. The van der Waals surface area contributed by atoms with Crippen molar-refractivity contribution >= 4 is 17.8 Å². The second-order valence-corrected chi connectivity index (χ2v) is 11.5. The number of ether oxygens (including phenoxy) is 1. The molecular weight excluding hydrogens is 327 g/mol. The molecular formula is C22H25O2P. The third-order valence-corrected chi connectivity index (χ3v) is 11.8. The number of hydrogen-bond donors (Lipinski definition) is 0. The molecule has 1 saturated heterocycles. The maximum absolute atomic E-state index is 15.0. The van der Waals surface area contributed by atoms with Gasteiger partial charge in [-0.15, -0.1) is 0 Å². The first-order valence-corrected chi connectivity index (χ1v) is 11.0. The third-order valence-electron chi connectivity index (χ3n) is 7.90. The van der Waals surface area contributed by atoms with Crippen LogP contribution in [0.5, 0.6) is 0 Å². The van der Waals surface area contributed by atoms with Gasteiger partial charge in [-0.3, -0.25) is 0 Å². The summed E-state index contributed by atoms with van der Waals surface area (Å²) in [5.74, 6) is 0.631. The summed E-state index contributed by atoms with van der Waals surface area (Å²) in [7, 11) is -2.93. The Morgan fingerprint density at radius 2 is 1.52 bits per heavy atom. The summed E-state index contributed by atoms with van der Waals surface area (Å²) in [5, 5.41) is 1.33. The highest BCUT2D eigenvalue weighted by atomic mass is 31.2. The van der Waals surface area contributed by atoms with Crippen LogP contribution in [0.15, 0.2) is 60.7 Å². The van der Waals surface area contributed by atoms with Crippen molar-refractivity contribution in [1.29, 1.82) is 0 Å². The van der Waals surface area contributed by atoms with E-state index in [1.165, 1.54) is 6.42 Å². The summed E-state index contributed by atoms with van der Waals surface area (Å²) in [6, 6.07) is 20.2. The van der Waals surface area contributed by atoms with Gasteiger partial charge in [0.1, 0.15) is 5.34 Å². The fourth-order valence-electron chi connectivity index (χ4n) is 6.22. The average molecular weight is 352 g/mol. The predicted octanol–water partition coefficient (Wildman–Crippen LogP) is 4.55. The van der Waals surface area contributed by atoms with Gasteiger partial charge in [-0.25, -0.2) is 0 Å². The number of hydrogen-bond acceptors (Lipinski definition) is 2. The molecule has 0 radical (unpaired) electrons.